The first-order chi connectivity index (χ1) is 14.9. The molecule has 0 aliphatic carbocycles. The number of rotatable bonds is 6. The predicted molar refractivity (Wildman–Crippen MR) is 120 cm³/mol. The Morgan fingerprint density at radius 1 is 0.935 bits per heavy atom. The monoisotopic (exact) mass is 444 g/mol. The van der Waals surface area contributed by atoms with E-state index in [0.29, 0.717) is 24.2 Å². The van der Waals surface area contributed by atoms with Crippen LogP contribution in [-0.4, -0.2) is 38.3 Å². The second-order valence-electron chi connectivity index (χ2n) is 6.09. The third kappa shape index (κ3) is 8.01. The van der Waals surface area contributed by atoms with E-state index < -0.39 is 12.2 Å². The Balaban J connectivity index is 2.38. The van der Waals surface area contributed by atoms with Crippen molar-refractivity contribution in [3.8, 4) is 0 Å². The molecule has 31 heavy (non-hydrogen) atoms. The first kappa shape index (κ1) is 23.7. The zero-order valence-electron chi connectivity index (χ0n) is 17.4. The lowest BCUT2D eigenvalue weighted by molar-refractivity contribution is -0.116. The first-order valence-electron chi connectivity index (χ1n) is 9.40. The number of amides is 3. The van der Waals surface area contributed by atoms with Gasteiger partial charge in [-0.3, -0.25) is 10.1 Å². The number of alkyl carbamates (subject to hydrolysis) is 1. The van der Waals surface area contributed by atoms with Crippen molar-refractivity contribution in [3.63, 3.8) is 0 Å². The van der Waals surface area contributed by atoms with Crippen molar-refractivity contribution in [2.24, 2.45) is 4.99 Å². The summed E-state index contributed by atoms with van der Waals surface area (Å²) in [6.07, 6.45) is -0.717. The van der Waals surface area contributed by atoms with Crippen molar-refractivity contribution in [2.75, 3.05) is 24.9 Å². The number of benzene rings is 2. The van der Waals surface area contributed by atoms with E-state index in [1.54, 1.807) is 12.1 Å². The topological polar surface area (TPSA) is 118 Å². The molecule has 0 radical (unpaired) electrons. The maximum absolute atomic E-state index is 12.1. The summed E-state index contributed by atoms with van der Waals surface area (Å²) in [5.74, 6) is -0.382. The molecule has 0 saturated heterocycles. The molecule has 10 heteroatoms. The SMILES string of the molecule is CCCC(=O)Nc1ccc(Sc2ccccc2)cc1NC(=NC(=O)OC)NC(=O)OC. The summed E-state index contributed by atoms with van der Waals surface area (Å²) >= 11 is 1.51. The van der Waals surface area contributed by atoms with Gasteiger partial charge in [0, 0.05) is 16.2 Å². The van der Waals surface area contributed by atoms with Crippen molar-refractivity contribution in [3.05, 3.63) is 48.5 Å². The lowest BCUT2D eigenvalue weighted by Gasteiger charge is -2.16. The van der Waals surface area contributed by atoms with E-state index in [9.17, 15) is 14.4 Å². The van der Waals surface area contributed by atoms with Gasteiger partial charge in [0.1, 0.15) is 0 Å². The number of anilines is 2. The van der Waals surface area contributed by atoms with E-state index in [0.717, 1.165) is 16.9 Å². The minimum Gasteiger partial charge on any atom is -0.453 e. The Bertz CT molecular complexity index is 950. The number of nitrogens with zero attached hydrogens (tertiary/aromatic N) is 1. The highest BCUT2D eigenvalue weighted by Gasteiger charge is 2.14. The van der Waals surface area contributed by atoms with Gasteiger partial charge in [0.25, 0.3) is 0 Å². The lowest BCUT2D eigenvalue weighted by Crippen LogP contribution is -2.36. The van der Waals surface area contributed by atoms with Crippen LogP contribution in [0.1, 0.15) is 19.8 Å². The number of nitrogens with one attached hydrogen (secondary N) is 3. The summed E-state index contributed by atoms with van der Waals surface area (Å²) in [7, 11) is 2.34. The molecule has 3 N–H and O–H groups in total. The number of methoxy groups -OCH3 is 2. The summed E-state index contributed by atoms with van der Waals surface area (Å²) in [6.45, 7) is 1.90. The van der Waals surface area contributed by atoms with Crippen molar-refractivity contribution in [2.45, 2.75) is 29.6 Å². The number of carbonyl (C=O) groups excluding carboxylic acids is 3. The number of guanidine groups is 1. The molecule has 0 aromatic heterocycles. The second-order valence-corrected chi connectivity index (χ2v) is 7.24. The summed E-state index contributed by atoms with van der Waals surface area (Å²) in [5, 5.41) is 7.99. The van der Waals surface area contributed by atoms with Crippen molar-refractivity contribution in [1.29, 1.82) is 0 Å². The fraction of sp³-hybridized carbons (Fsp3) is 0.238. The quantitative estimate of drug-likeness (QED) is 0.444. The number of hydrogen-bond donors (Lipinski definition) is 3. The molecule has 0 saturated carbocycles. The van der Waals surface area contributed by atoms with Crippen molar-refractivity contribution < 1.29 is 23.9 Å². The molecule has 0 bridgehead atoms. The van der Waals surface area contributed by atoms with Crippen LogP contribution in [0.4, 0.5) is 21.0 Å². The van der Waals surface area contributed by atoms with Crippen molar-refractivity contribution >= 4 is 47.2 Å². The molecule has 3 amide bonds. The van der Waals surface area contributed by atoms with Gasteiger partial charge in [0.15, 0.2) is 0 Å². The third-order valence-electron chi connectivity index (χ3n) is 3.76. The molecule has 2 rings (SSSR count). The molecule has 0 spiro atoms. The van der Waals surface area contributed by atoms with Crippen LogP contribution in [0.5, 0.6) is 0 Å². The smallest absolute Gasteiger partial charge is 0.436 e. The normalized spacial score (nSPS) is 10.7. The highest BCUT2D eigenvalue weighted by atomic mass is 32.2. The van der Waals surface area contributed by atoms with Crippen LogP contribution in [0.25, 0.3) is 0 Å². The molecule has 2 aromatic carbocycles. The van der Waals surface area contributed by atoms with Crippen LogP contribution in [-0.2, 0) is 14.3 Å². The fourth-order valence-electron chi connectivity index (χ4n) is 2.36. The van der Waals surface area contributed by atoms with Crippen LogP contribution in [0, 0.1) is 0 Å². The molecule has 0 aliphatic heterocycles. The zero-order chi connectivity index (χ0) is 22.6. The molecular formula is C21H24N4O5S. The molecular weight excluding hydrogens is 420 g/mol. The number of aliphatic imine (C=N–C) groups is 1. The molecule has 164 valence electrons. The maximum atomic E-state index is 12.1. The van der Waals surface area contributed by atoms with E-state index in [4.69, 9.17) is 0 Å². The zero-order valence-corrected chi connectivity index (χ0v) is 18.2. The molecule has 0 heterocycles. The Morgan fingerprint density at radius 2 is 1.68 bits per heavy atom. The third-order valence-corrected chi connectivity index (χ3v) is 4.76. The lowest BCUT2D eigenvalue weighted by atomic mass is 10.2. The van der Waals surface area contributed by atoms with Gasteiger partial charge in [-0.2, -0.15) is 0 Å². The van der Waals surface area contributed by atoms with Gasteiger partial charge in [-0.25, -0.2) is 9.59 Å². The van der Waals surface area contributed by atoms with Crippen molar-refractivity contribution in [1.82, 2.24) is 5.32 Å². The van der Waals surface area contributed by atoms with Gasteiger partial charge in [-0.1, -0.05) is 36.9 Å². The average molecular weight is 445 g/mol. The fourth-order valence-corrected chi connectivity index (χ4v) is 3.24. The molecule has 0 aliphatic rings. The summed E-state index contributed by atoms with van der Waals surface area (Å²) in [4.78, 5) is 41.0. The molecule has 0 unspecified atom stereocenters. The van der Waals surface area contributed by atoms with Gasteiger partial charge in [-0.15, -0.1) is 4.99 Å². The van der Waals surface area contributed by atoms with E-state index in [1.807, 2.05) is 43.3 Å². The summed E-state index contributed by atoms with van der Waals surface area (Å²) < 4.78 is 9.10. The molecule has 0 fully saturated rings. The number of hydrogen-bond acceptors (Lipinski definition) is 6. The Kier molecular flexibility index (Phi) is 9.37. The van der Waals surface area contributed by atoms with Gasteiger partial charge >= 0.3 is 12.2 Å². The summed E-state index contributed by atoms with van der Waals surface area (Å²) in [5.41, 5.74) is 0.879. The highest BCUT2D eigenvalue weighted by molar-refractivity contribution is 7.99. The van der Waals surface area contributed by atoms with Gasteiger partial charge in [0.2, 0.25) is 11.9 Å². The average Bonchev–Trinajstić information content (AvgIpc) is 2.76. The van der Waals surface area contributed by atoms with Gasteiger partial charge in [-0.05, 0) is 36.8 Å². The minimum absolute atomic E-state index is 0.165. The van der Waals surface area contributed by atoms with Gasteiger partial charge < -0.3 is 20.1 Å². The maximum Gasteiger partial charge on any atom is 0.436 e. The second kappa shape index (κ2) is 12.2. The Labute approximate surface area is 184 Å². The highest BCUT2D eigenvalue weighted by Crippen LogP contribution is 2.33. The molecule has 9 nitrogen and oxygen atoms in total. The van der Waals surface area contributed by atoms with Crippen LogP contribution in [0.15, 0.2) is 63.3 Å². The minimum atomic E-state index is -0.926. The Morgan fingerprint density at radius 3 is 2.32 bits per heavy atom. The van der Waals surface area contributed by atoms with E-state index in [2.05, 4.69) is 30.4 Å². The first-order valence-corrected chi connectivity index (χ1v) is 10.2. The van der Waals surface area contributed by atoms with E-state index >= 15 is 0 Å². The van der Waals surface area contributed by atoms with Crippen LogP contribution >= 0.6 is 11.8 Å². The predicted octanol–water partition coefficient (Wildman–Crippen LogP) is 4.47. The molecule has 0 atom stereocenters. The van der Waals surface area contributed by atoms with Crippen LogP contribution in [0.2, 0.25) is 0 Å². The van der Waals surface area contributed by atoms with E-state index in [1.165, 1.54) is 18.9 Å². The van der Waals surface area contributed by atoms with Gasteiger partial charge in [0.05, 0.1) is 25.6 Å². The summed E-state index contributed by atoms with van der Waals surface area (Å²) in [6, 6.07) is 15.1. The molecule has 2 aromatic rings. The number of carbonyl (C=O) groups is 3. The Hall–Kier alpha value is -3.53. The standard InChI is InChI=1S/C21H24N4O5S/c1-4-8-18(26)22-16-12-11-15(31-14-9-6-5-7-10-14)13-17(16)23-19(24-20(27)29-2)25-21(28)30-3/h5-7,9-13H,4,8H2,1-3H3,(H,22,26)(H2,23,24,25,27,28). The number of ether oxygens (including phenoxy) is 2. The van der Waals surface area contributed by atoms with Crippen LogP contribution < -0.4 is 16.0 Å². The van der Waals surface area contributed by atoms with E-state index in [-0.39, 0.29) is 11.9 Å². The largest absolute Gasteiger partial charge is 0.453 e. The van der Waals surface area contributed by atoms with Crippen LogP contribution in [0.3, 0.4) is 0 Å².